The predicted octanol–water partition coefficient (Wildman–Crippen LogP) is 3.26. The van der Waals surface area contributed by atoms with E-state index in [-0.39, 0.29) is 0 Å². The molecular formula is C10H9Br2NO2. The highest BCUT2D eigenvalue weighted by Gasteiger charge is 2.13. The van der Waals surface area contributed by atoms with E-state index in [2.05, 4.69) is 43.8 Å². The summed E-state index contributed by atoms with van der Waals surface area (Å²) in [5.41, 5.74) is 0.713. The summed E-state index contributed by atoms with van der Waals surface area (Å²) in [6.07, 6.45) is 1.34. The molecule has 1 aromatic rings. The molecule has 0 aliphatic carbocycles. The highest BCUT2D eigenvalue weighted by molar-refractivity contribution is 9.11. The Hall–Kier alpha value is -0.810. The first-order valence-corrected chi connectivity index (χ1v) is 5.70. The Kier molecular flexibility index (Phi) is 4.35. The van der Waals surface area contributed by atoms with Crippen LogP contribution in [0.25, 0.3) is 0 Å². The quantitative estimate of drug-likeness (QED) is 0.831. The summed E-state index contributed by atoms with van der Waals surface area (Å²) >= 11 is 6.65. The molecule has 80 valence electrons. The van der Waals surface area contributed by atoms with Crippen molar-refractivity contribution in [3.05, 3.63) is 39.8 Å². The molecule has 1 aromatic carbocycles. The van der Waals surface area contributed by atoms with Gasteiger partial charge >= 0.3 is 5.97 Å². The van der Waals surface area contributed by atoms with Crippen molar-refractivity contribution in [1.82, 2.24) is 0 Å². The van der Waals surface area contributed by atoms with Crippen LogP contribution in [0.1, 0.15) is 0 Å². The van der Waals surface area contributed by atoms with Crippen LogP contribution in [-0.2, 0) is 4.79 Å². The molecular weight excluding hydrogens is 326 g/mol. The van der Waals surface area contributed by atoms with Gasteiger partial charge in [0.05, 0.1) is 0 Å². The molecule has 3 nitrogen and oxygen atoms in total. The van der Waals surface area contributed by atoms with Gasteiger partial charge in [0.25, 0.3) is 0 Å². The van der Waals surface area contributed by atoms with Crippen molar-refractivity contribution >= 4 is 43.5 Å². The molecule has 1 unspecified atom stereocenters. The van der Waals surface area contributed by atoms with Crippen LogP contribution in [0.15, 0.2) is 39.8 Å². The van der Waals surface area contributed by atoms with Gasteiger partial charge in [-0.1, -0.05) is 22.0 Å². The van der Waals surface area contributed by atoms with Crippen molar-refractivity contribution in [2.45, 2.75) is 6.04 Å². The number of nitrogens with one attached hydrogen (secondary N) is 1. The molecule has 0 aromatic heterocycles. The molecule has 0 heterocycles. The van der Waals surface area contributed by atoms with Crippen LogP contribution in [0.4, 0.5) is 5.69 Å². The Morgan fingerprint density at radius 2 is 2.20 bits per heavy atom. The van der Waals surface area contributed by atoms with Gasteiger partial charge < -0.3 is 10.4 Å². The number of aliphatic carboxylic acids is 1. The maximum Gasteiger partial charge on any atom is 0.330 e. The van der Waals surface area contributed by atoms with Gasteiger partial charge in [-0.3, -0.25) is 0 Å². The first-order chi connectivity index (χ1) is 7.04. The summed E-state index contributed by atoms with van der Waals surface area (Å²) in [6.45, 7) is 3.46. The zero-order valence-electron chi connectivity index (χ0n) is 7.71. The number of carboxylic acid groups (broad SMARTS) is 1. The molecule has 0 aliphatic heterocycles. The molecule has 1 atom stereocenters. The van der Waals surface area contributed by atoms with Gasteiger partial charge in [0.1, 0.15) is 6.04 Å². The minimum atomic E-state index is -0.959. The standard InChI is InChI=1S/C10H9Br2NO2/c1-2-8(10(14)15)13-9-4-3-6(11)5-7(9)12/h2-5,8,13H,1H2,(H,14,15). The molecule has 5 heteroatoms. The fraction of sp³-hybridized carbons (Fsp3) is 0.100. The zero-order chi connectivity index (χ0) is 11.4. The van der Waals surface area contributed by atoms with Crippen LogP contribution in [0.3, 0.4) is 0 Å². The molecule has 0 saturated carbocycles. The van der Waals surface area contributed by atoms with Gasteiger partial charge in [-0.05, 0) is 34.1 Å². The summed E-state index contributed by atoms with van der Waals surface area (Å²) in [5, 5.41) is 11.7. The average Bonchev–Trinajstić information content (AvgIpc) is 2.16. The summed E-state index contributed by atoms with van der Waals surface area (Å²) in [4.78, 5) is 10.8. The fourth-order valence-electron chi connectivity index (χ4n) is 0.996. The van der Waals surface area contributed by atoms with E-state index >= 15 is 0 Å². The third-order valence-electron chi connectivity index (χ3n) is 1.74. The van der Waals surface area contributed by atoms with Crippen molar-refractivity contribution in [3.8, 4) is 0 Å². The molecule has 0 fully saturated rings. The van der Waals surface area contributed by atoms with Crippen LogP contribution in [0, 0.1) is 0 Å². The monoisotopic (exact) mass is 333 g/mol. The second-order valence-corrected chi connectivity index (χ2v) is 4.59. The molecule has 0 aliphatic rings. The van der Waals surface area contributed by atoms with E-state index in [1.807, 2.05) is 12.1 Å². The van der Waals surface area contributed by atoms with Crippen molar-refractivity contribution in [2.24, 2.45) is 0 Å². The SMILES string of the molecule is C=CC(Nc1ccc(Br)cc1Br)C(=O)O. The molecule has 0 bridgehead atoms. The van der Waals surface area contributed by atoms with Crippen molar-refractivity contribution < 1.29 is 9.90 Å². The molecule has 0 saturated heterocycles. The van der Waals surface area contributed by atoms with Crippen LogP contribution in [0.5, 0.6) is 0 Å². The number of halogens is 2. The second kappa shape index (κ2) is 5.32. The van der Waals surface area contributed by atoms with E-state index in [0.29, 0.717) is 5.69 Å². The smallest absolute Gasteiger partial charge is 0.330 e. The number of hydrogen-bond acceptors (Lipinski definition) is 2. The van der Waals surface area contributed by atoms with Gasteiger partial charge in [0.2, 0.25) is 0 Å². The molecule has 15 heavy (non-hydrogen) atoms. The van der Waals surface area contributed by atoms with E-state index in [0.717, 1.165) is 8.95 Å². The normalized spacial score (nSPS) is 11.9. The fourth-order valence-corrected chi connectivity index (χ4v) is 2.16. The van der Waals surface area contributed by atoms with Crippen LogP contribution in [0.2, 0.25) is 0 Å². The summed E-state index contributed by atoms with van der Waals surface area (Å²) < 4.78 is 1.72. The first kappa shape index (κ1) is 12.3. The zero-order valence-corrected chi connectivity index (χ0v) is 10.9. The number of carboxylic acids is 1. The molecule has 0 amide bonds. The maximum absolute atomic E-state index is 10.8. The molecule has 1 rings (SSSR count). The van der Waals surface area contributed by atoms with Crippen molar-refractivity contribution in [2.75, 3.05) is 5.32 Å². The summed E-state index contributed by atoms with van der Waals surface area (Å²) in [7, 11) is 0. The lowest BCUT2D eigenvalue weighted by molar-refractivity contribution is -0.136. The van der Waals surface area contributed by atoms with Crippen molar-refractivity contribution in [1.29, 1.82) is 0 Å². The number of rotatable bonds is 4. The van der Waals surface area contributed by atoms with Gasteiger partial charge in [-0.2, -0.15) is 0 Å². The Labute approximate surface area is 104 Å². The van der Waals surface area contributed by atoms with E-state index < -0.39 is 12.0 Å². The maximum atomic E-state index is 10.8. The molecule has 0 radical (unpaired) electrons. The Bertz CT molecular complexity index is 393. The van der Waals surface area contributed by atoms with Gasteiger partial charge in [-0.25, -0.2) is 4.79 Å². The van der Waals surface area contributed by atoms with E-state index in [1.165, 1.54) is 6.08 Å². The Morgan fingerprint density at radius 3 is 2.67 bits per heavy atom. The predicted molar refractivity (Wildman–Crippen MR) is 67.1 cm³/mol. The Balaban J connectivity index is 2.88. The number of anilines is 1. The lowest BCUT2D eigenvalue weighted by atomic mass is 10.2. The minimum absolute atomic E-state index is 0.713. The van der Waals surface area contributed by atoms with Crippen LogP contribution in [-0.4, -0.2) is 17.1 Å². The van der Waals surface area contributed by atoms with Crippen LogP contribution >= 0.6 is 31.9 Å². The Morgan fingerprint density at radius 1 is 1.53 bits per heavy atom. The third-order valence-corrected chi connectivity index (χ3v) is 2.89. The number of carbonyl (C=O) groups is 1. The second-order valence-electron chi connectivity index (χ2n) is 2.82. The van der Waals surface area contributed by atoms with Gasteiger partial charge in [0.15, 0.2) is 0 Å². The molecule has 2 N–H and O–H groups in total. The van der Waals surface area contributed by atoms with Crippen LogP contribution < -0.4 is 5.32 Å². The largest absolute Gasteiger partial charge is 0.479 e. The minimum Gasteiger partial charge on any atom is -0.479 e. The lowest BCUT2D eigenvalue weighted by Gasteiger charge is -2.13. The highest BCUT2D eigenvalue weighted by Crippen LogP contribution is 2.26. The average molecular weight is 335 g/mol. The van der Waals surface area contributed by atoms with E-state index in [1.54, 1.807) is 6.07 Å². The van der Waals surface area contributed by atoms with E-state index in [4.69, 9.17) is 5.11 Å². The number of benzene rings is 1. The first-order valence-electron chi connectivity index (χ1n) is 4.11. The summed E-state index contributed by atoms with van der Waals surface area (Å²) in [6, 6.07) is 4.66. The van der Waals surface area contributed by atoms with Crippen molar-refractivity contribution in [3.63, 3.8) is 0 Å². The molecule has 0 spiro atoms. The van der Waals surface area contributed by atoms with Gasteiger partial charge in [-0.15, -0.1) is 6.58 Å². The summed E-state index contributed by atoms with van der Waals surface area (Å²) in [5.74, 6) is -0.959. The lowest BCUT2D eigenvalue weighted by Crippen LogP contribution is -2.26. The highest BCUT2D eigenvalue weighted by atomic mass is 79.9. The number of hydrogen-bond donors (Lipinski definition) is 2. The van der Waals surface area contributed by atoms with E-state index in [9.17, 15) is 4.79 Å². The third kappa shape index (κ3) is 3.35. The van der Waals surface area contributed by atoms with Gasteiger partial charge in [0, 0.05) is 14.6 Å². The topological polar surface area (TPSA) is 49.3 Å².